The second-order valence-electron chi connectivity index (χ2n) is 5.40. The number of benzene rings is 1. The van der Waals surface area contributed by atoms with Crippen molar-refractivity contribution in [1.29, 1.82) is 0 Å². The molecule has 0 bridgehead atoms. The summed E-state index contributed by atoms with van der Waals surface area (Å²) in [4.78, 5) is 12.9. The van der Waals surface area contributed by atoms with Gasteiger partial charge in [0, 0.05) is 14.1 Å². The van der Waals surface area contributed by atoms with Crippen molar-refractivity contribution < 1.29 is 17.9 Å². The van der Waals surface area contributed by atoms with E-state index in [1.165, 1.54) is 48.6 Å². The van der Waals surface area contributed by atoms with Gasteiger partial charge in [0.05, 0.1) is 10.6 Å². The minimum Gasteiger partial charge on any atom is -0.457 e. The zero-order valence-corrected chi connectivity index (χ0v) is 15.6. The molecule has 0 saturated carbocycles. The molecule has 9 nitrogen and oxygen atoms in total. The molecule has 11 heteroatoms. The first-order valence-corrected chi connectivity index (χ1v) is 9.71. The quantitative estimate of drug-likeness (QED) is 0.582. The number of aromatic nitrogens is 4. The van der Waals surface area contributed by atoms with Crippen LogP contribution in [0.3, 0.4) is 0 Å². The average molecular weight is 393 g/mol. The Morgan fingerprint density at radius 2 is 2.12 bits per heavy atom. The number of tetrazole rings is 1. The third kappa shape index (κ3) is 3.64. The standard InChI is InChI=1S/C15H15N5O4S2/c1-19(2)26(22,23)12-5-3-4-11(8-12)9-24-15(21)14-13(6-7-25-14)20-10-16-17-18-20/h3-8,10H,9H2,1-2H3. The fourth-order valence-corrected chi connectivity index (χ4v) is 3.87. The van der Waals surface area contributed by atoms with Gasteiger partial charge in [-0.1, -0.05) is 12.1 Å². The number of thiophene rings is 1. The Morgan fingerprint density at radius 3 is 2.81 bits per heavy atom. The summed E-state index contributed by atoms with van der Waals surface area (Å²) in [6, 6.07) is 7.99. The molecule has 2 aromatic heterocycles. The van der Waals surface area contributed by atoms with Crippen LogP contribution in [0.4, 0.5) is 0 Å². The summed E-state index contributed by atoms with van der Waals surface area (Å²) < 4.78 is 32.2. The van der Waals surface area contributed by atoms with E-state index < -0.39 is 16.0 Å². The fourth-order valence-electron chi connectivity index (χ4n) is 2.13. The number of hydrogen-bond acceptors (Lipinski definition) is 8. The summed E-state index contributed by atoms with van der Waals surface area (Å²) in [5.74, 6) is -0.536. The van der Waals surface area contributed by atoms with Gasteiger partial charge in [-0.25, -0.2) is 17.5 Å². The van der Waals surface area contributed by atoms with Crippen molar-refractivity contribution in [3.05, 3.63) is 52.5 Å². The molecule has 0 aliphatic carbocycles. The lowest BCUT2D eigenvalue weighted by molar-refractivity contribution is 0.0478. The van der Waals surface area contributed by atoms with Crippen LogP contribution in [0.5, 0.6) is 0 Å². The van der Waals surface area contributed by atoms with Crippen LogP contribution in [0.2, 0.25) is 0 Å². The monoisotopic (exact) mass is 393 g/mol. The van der Waals surface area contributed by atoms with Gasteiger partial charge < -0.3 is 4.74 Å². The summed E-state index contributed by atoms with van der Waals surface area (Å²) in [6.07, 6.45) is 1.38. The first-order chi connectivity index (χ1) is 12.4. The maximum atomic E-state index is 12.4. The molecular formula is C15H15N5O4S2. The second kappa shape index (κ2) is 7.32. The van der Waals surface area contributed by atoms with E-state index in [1.54, 1.807) is 23.6 Å². The Labute approximate surface area is 153 Å². The molecule has 3 rings (SSSR count). The maximum Gasteiger partial charge on any atom is 0.350 e. The molecule has 2 heterocycles. The Bertz CT molecular complexity index is 1010. The molecule has 0 aliphatic rings. The minimum atomic E-state index is -3.55. The van der Waals surface area contributed by atoms with Crippen molar-refractivity contribution in [2.75, 3.05) is 14.1 Å². The van der Waals surface area contributed by atoms with Crippen LogP contribution < -0.4 is 0 Å². The minimum absolute atomic E-state index is 0.0530. The van der Waals surface area contributed by atoms with E-state index in [-0.39, 0.29) is 11.5 Å². The van der Waals surface area contributed by atoms with Gasteiger partial charge in [0.1, 0.15) is 17.8 Å². The van der Waals surface area contributed by atoms with Gasteiger partial charge >= 0.3 is 5.97 Å². The first-order valence-electron chi connectivity index (χ1n) is 7.39. The molecular weight excluding hydrogens is 378 g/mol. The molecule has 0 amide bonds. The van der Waals surface area contributed by atoms with E-state index in [4.69, 9.17) is 4.74 Å². The lowest BCUT2D eigenvalue weighted by Gasteiger charge is -2.12. The molecule has 26 heavy (non-hydrogen) atoms. The molecule has 0 spiro atoms. The van der Waals surface area contributed by atoms with Crippen LogP contribution in [0.1, 0.15) is 15.2 Å². The predicted octanol–water partition coefficient (Wildman–Crippen LogP) is 1.33. The Balaban J connectivity index is 1.75. The maximum absolute atomic E-state index is 12.4. The van der Waals surface area contributed by atoms with Crippen LogP contribution in [0.15, 0.2) is 46.9 Å². The number of carbonyl (C=O) groups is 1. The van der Waals surface area contributed by atoms with Crippen LogP contribution >= 0.6 is 11.3 Å². The Morgan fingerprint density at radius 1 is 1.31 bits per heavy atom. The zero-order chi connectivity index (χ0) is 18.7. The number of ether oxygens (including phenoxy) is 1. The lowest BCUT2D eigenvalue weighted by Crippen LogP contribution is -2.22. The van der Waals surface area contributed by atoms with Gasteiger partial charge in [-0.3, -0.25) is 0 Å². The topological polar surface area (TPSA) is 107 Å². The van der Waals surface area contributed by atoms with Crippen LogP contribution in [-0.2, 0) is 21.4 Å². The summed E-state index contributed by atoms with van der Waals surface area (Å²) in [5, 5.41) is 12.6. The average Bonchev–Trinajstić information content (AvgIpc) is 3.30. The van der Waals surface area contributed by atoms with Crippen molar-refractivity contribution >= 4 is 27.3 Å². The molecule has 0 aliphatic heterocycles. The van der Waals surface area contributed by atoms with E-state index >= 15 is 0 Å². The number of esters is 1. The van der Waals surface area contributed by atoms with Crippen molar-refractivity contribution in [1.82, 2.24) is 24.5 Å². The largest absolute Gasteiger partial charge is 0.457 e. The van der Waals surface area contributed by atoms with Gasteiger partial charge in [-0.15, -0.1) is 16.4 Å². The van der Waals surface area contributed by atoms with E-state index in [1.807, 2.05) is 0 Å². The smallest absolute Gasteiger partial charge is 0.350 e. The summed E-state index contributed by atoms with van der Waals surface area (Å²) >= 11 is 1.21. The number of carbonyl (C=O) groups excluding carboxylic acids is 1. The highest BCUT2D eigenvalue weighted by Crippen LogP contribution is 2.22. The highest BCUT2D eigenvalue weighted by molar-refractivity contribution is 7.89. The highest BCUT2D eigenvalue weighted by atomic mass is 32.2. The number of nitrogens with zero attached hydrogens (tertiary/aromatic N) is 5. The first kappa shape index (κ1) is 18.2. The Hall–Kier alpha value is -2.63. The van der Waals surface area contributed by atoms with E-state index in [0.717, 1.165) is 4.31 Å². The zero-order valence-electron chi connectivity index (χ0n) is 13.9. The van der Waals surface area contributed by atoms with Crippen LogP contribution in [0.25, 0.3) is 5.69 Å². The van der Waals surface area contributed by atoms with E-state index in [2.05, 4.69) is 15.5 Å². The molecule has 3 aromatic rings. The van der Waals surface area contributed by atoms with Gasteiger partial charge in [-0.05, 0) is 39.6 Å². The van der Waals surface area contributed by atoms with E-state index in [0.29, 0.717) is 16.1 Å². The molecule has 0 saturated heterocycles. The van der Waals surface area contributed by atoms with Crippen molar-refractivity contribution in [2.45, 2.75) is 11.5 Å². The van der Waals surface area contributed by atoms with Crippen LogP contribution in [0, 0.1) is 0 Å². The molecule has 0 N–H and O–H groups in total. The number of sulfonamides is 1. The molecule has 1 aromatic carbocycles. The Kier molecular flexibility index (Phi) is 5.11. The third-order valence-electron chi connectivity index (χ3n) is 3.47. The summed E-state index contributed by atoms with van der Waals surface area (Å²) in [5.41, 5.74) is 1.09. The fraction of sp³-hybridized carbons (Fsp3) is 0.200. The van der Waals surface area contributed by atoms with Gasteiger partial charge in [-0.2, -0.15) is 4.68 Å². The SMILES string of the molecule is CN(C)S(=O)(=O)c1cccc(COC(=O)c2sccc2-n2cnnn2)c1. The predicted molar refractivity (Wildman–Crippen MR) is 93.5 cm³/mol. The van der Waals surface area contributed by atoms with Crippen LogP contribution in [-0.4, -0.2) is 53.0 Å². The molecule has 0 atom stereocenters. The molecule has 0 unspecified atom stereocenters. The number of hydrogen-bond donors (Lipinski definition) is 0. The molecule has 0 radical (unpaired) electrons. The normalized spacial score (nSPS) is 11.7. The third-order valence-corrected chi connectivity index (χ3v) is 6.17. The van der Waals surface area contributed by atoms with Crippen molar-refractivity contribution in [3.63, 3.8) is 0 Å². The van der Waals surface area contributed by atoms with Gasteiger partial charge in [0.15, 0.2) is 0 Å². The lowest BCUT2D eigenvalue weighted by atomic mass is 10.2. The summed E-state index contributed by atoms with van der Waals surface area (Å²) in [7, 11) is -0.633. The van der Waals surface area contributed by atoms with Gasteiger partial charge in [0.2, 0.25) is 10.0 Å². The second-order valence-corrected chi connectivity index (χ2v) is 8.47. The molecule has 0 fully saturated rings. The summed E-state index contributed by atoms with van der Waals surface area (Å²) in [6.45, 7) is -0.0530. The van der Waals surface area contributed by atoms with Crippen molar-refractivity contribution in [3.8, 4) is 5.69 Å². The highest BCUT2D eigenvalue weighted by Gasteiger charge is 2.19. The molecule has 136 valence electrons. The number of rotatable bonds is 6. The van der Waals surface area contributed by atoms with E-state index in [9.17, 15) is 13.2 Å². The van der Waals surface area contributed by atoms with Crippen molar-refractivity contribution in [2.24, 2.45) is 0 Å². The van der Waals surface area contributed by atoms with Gasteiger partial charge in [0.25, 0.3) is 0 Å².